The third kappa shape index (κ3) is 5.43. The number of carbonyl (C=O) groups excluding carboxylic acids is 2. The summed E-state index contributed by atoms with van der Waals surface area (Å²) in [6, 6.07) is 21.5. The van der Waals surface area contributed by atoms with Gasteiger partial charge in [0.25, 0.3) is 0 Å². The van der Waals surface area contributed by atoms with Gasteiger partial charge in [-0.1, -0.05) is 59.8 Å². The van der Waals surface area contributed by atoms with E-state index in [1.165, 1.54) is 53.4 Å². The van der Waals surface area contributed by atoms with E-state index in [2.05, 4.69) is 0 Å². The minimum atomic E-state index is -1.60. The standard InChI is InChI=1S/C28H31N3O6/c1-20(32)28(16-21-6-4-3-5-7-21)26(35)19-31(37-2)30(18-23-10-14-25(34)15-11-23)27(36)29(28)17-22-8-12-24(33)13-9-22/h3-15,26,33-35H,16-19H2,1-2H3/t26-,28+/m1/s1. The van der Waals surface area contributed by atoms with Crippen LogP contribution in [-0.2, 0) is 29.1 Å². The maximum Gasteiger partial charge on any atom is 0.337 e. The maximum absolute atomic E-state index is 14.3. The van der Waals surface area contributed by atoms with Crippen molar-refractivity contribution in [1.29, 1.82) is 0 Å². The molecule has 194 valence electrons. The van der Waals surface area contributed by atoms with E-state index in [1.807, 2.05) is 30.3 Å². The molecular formula is C28H31N3O6. The fourth-order valence-corrected chi connectivity index (χ4v) is 4.74. The van der Waals surface area contributed by atoms with Crippen LogP contribution < -0.4 is 0 Å². The number of rotatable bonds is 8. The van der Waals surface area contributed by atoms with Gasteiger partial charge in [0.15, 0.2) is 5.78 Å². The number of hydroxylamine groups is 1. The molecule has 0 spiro atoms. The monoisotopic (exact) mass is 505 g/mol. The number of aliphatic hydroxyl groups is 1. The number of benzene rings is 3. The molecule has 3 N–H and O–H groups in total. The van der Waals surface area contributed by atoms with Gasteiger partial charge in [-0.25, -0.2) is 9.80 Å². The number of aliphatic hydroxyl groups excluding tert-OH is 1. The van der Waals surface area contributed by atoms with Crippen LogP contribution in [0.15, 0.2) is 78.9 Å². The van der Waals surface area contributed by atoms with Crippen LogP contribution in [0.2, 0.25) is 0 Å². The first kappa shape index (κ1) is 26.2. The lowest BCUT2D eigenvalue weighted by Gasteiger charge is -2.43. The van der Waals surface area contributed by atoms with Crippen molar-refractivity contribution in [2.24, 2.45) is 0 Å². The zero-order valence-electron chi connectivity index (χ0n) is 20.8. The van der Waals surface area contributed by atoms with Crippen LogP contribution >= 0.6 is 0 Å². The normalized spacial score (nSPS) is 20.6. The highest BCUT2D eigenvalue weighted by molar-refractivity contribution is 5.92. The van der Waals surface area contributed by atoms with Gasteiger partial charge >= 0.3 is 6.03 Å². The maximum atomic E-state index is 14.3. The van der Waals surface area contributed by atoms with Crippen molar-refractivity contribution in [3.05, 3.63) is 95.6 Å². The van der Waals surface area contributed by atoms with E-state index >= 15 is 0 Å². The van der Waals surface area contributed by atoms with E-state index in [0.717, 1.165) is 5.56 Å². The predicted octanol–water partition coefficient (Wildman–Crippen LogP) is 3.25. The summed E-state index contributed by atoms with van der Waals surface area (Å²) in [5.74, 6) is -0.191. The van der Waals surface area contributed by atoms with Gasteiger partial charge < -0.3 is 20.2 Å². The van der Waals surface area contributed by atoms with Crippen LogP contribution in [0.5, 0.6) is 11.5 Å². The van der Waals surface area contributed by atoms with Crippen molar-refractivity contribution in [2.45, 2.75) is 38.1 Å². The Morgan fingerprint density at radius 2 is 1.43 bits per heavy atom. The average Bonchev–Trinajstić information content (AvgIpc) is 2.97. The van der Waals surface area contributed by atoms with Crippen LogP contribution in [-0.4, -0.2) is 67.5 Å². The van der Waals surface area contributed by atoms with Gasteiger partial charge in [0, 0.05) is 13.0 Å². The van der Waals surface area contributed by atoms with Crippen LogP contribution in [0.3, 0.4) is 0 Å². The van der Waals surface area contributed by atoms with E-state index in [9.17, 15) is 24.9 Å². The van der Waals surface area contributed by atoms with Gasteiger partial charge in [-0.3, -0.25) is 9.63 Å². The van der Waals surface area contributed by atoms with Crippen LogP contribution in [0, 0.1) is 0 Å². The number of phenols is 2. The molecule has 1 aliphatic rings. The highest BCUT2D eigenvalue weighted by Gasteiger charge is 2.54. The van der Waals surface area contributed by atoms with Gasteiger partial charge in [-0.15, -0.1) is 0 Å². The summed E-state index contributed by atoms with van der Waals surface area (Å²) in [7, 11) is 1.39. The Kier molecular flexibility index (Phi) is 7.77. The Labute approximate surface area is 215 Å². The number of carbonyl (C=O) groups is 2. The zero-order chi connectivity index (χ0) is 26.6. The fraction of sp³-hybridized carbons (Fsp3) is 0.286. The topological polar surface area (TPSA) is 114 Å². The number of hydrogen-bond donors (Lipinski definition) is 3. The summed E-state index contributed by atoms with van der Waals surface area (Å²) in [5, 5.41) is 33.7. The molecule has 1 saturated heterocycles. The Morgan fingerprint density at radius 3 is 1.95 bits per heavy atom. The molecule has 0 unspecified atom stereocenters. The first-order valence-corrected chi connectivity index (χ1v) is 11.9. The molecule has 9 heteroatoms. The van der Waals surface area contributed by atoms with E-state index in [4.69, 9.17) is 4.84 Å². The van der Waals surface area contributed by atoms with Crippen LogP contribution in [0.4, 0.5) is 4.79 Å². The van der Waals surface area contributed by atoms with Crippen molar-refractivity contribution < 1.29 is 29.7 Å². The summed E-state index contributed by atoms with van der Waals surface area (Å²) in [5.41, 5.74) is 0.575. The SMILES string of the molecule is CON1C[C@@H](O)[C@](Cc2ccccc2)(C(C)=O)N(Cc2ccc(O)cc2)C(=O)N1Cc1ccc(O)cc1. The number of amides is 2. The number of Topliss-reactive ketones (excluding diaryl/α,β-unsaturated/α-hetero) is 1. The van der Waals surface area contributed by atoms with E-state index in [-0.39, 0.29) is 43.3 Å². The van der Waals surface area contributed by atoms with Crippen molar-refractivity contribution in [3.63, 3.8) is 0 Å². The van der Waals surface area contributed by atoms with Gasteiger partial charge in [-0.2, -0.15) is 0 Å². The minimum Gasteiger partial charge on any atom is -0.508 e. The number of hydrazine groups is 1. The minimum absolute atomic E-state index is 0.00617. The predicted molar refractivity (Wildman–Crippen MR) is 136 cm³/mol. The lowest BCUT2D eigenvalue weighted by molar-refractivity contribution is -0.255. The molecule has 2 atom stereocenters. The molecule has 3 aromatic rings. The number of phenolic OH excluding ortho intramolecular Hbond substituents is 2. The number of aromatic hydroxyl groups is 2. The summed E-state index contributed by atoms with van der Waals surface area (Å²) in [6.07, 6.45) is -1.20. The number of urea groups is 1. The molecule has 1 fully saturated rings. The van der Waals surface area contributed by atoms with Gasteiger partial charge in [0.05, 0.1) is 20.2 Å². The van der Waals surface area contributed by atoms with Crippen LogP contribution in [0.25, 0.3) is 0 Å². The molecule has 1 heterocycles. The molecule has 37 heavy (non-hydrogen) atoms. The van der Waals surface area contributed by atoms with Crippen molar-refractivity contribution >= 4 is 11.8 Å². The molecule has 0 aromatic heterocycles. The van der Waals surface area contributed by atoms with Gasteiger partial charge in [-0.05, 0) is 47.9 Å². The summed E-state index contributed by atoms with van der Waals surface area (Å²) in [4.78, 5) is 34.7. The Hall–Kier alpha value is -3.92. The lowest BCUT2D eigenvalue weighted by Crippen LogP contribution is -2.64. The van der Waals surface area contributed by atoms with Crippen molar-refractivity contribution in [1.82, 2.24) is 15.1 Å². The number of ketones is 1. The zero-order valence-corrected chi connectivity index (χ0v) is 20.8. The van der Waals surface area contributed by atoms with Crippen molar-refractivity contribution in [2.75, 3.05) is 13.7 Å². The second-order valence-corrected chi connectivity index (χ2v) is 9.14. The Morgan fingerprint density at radius 1 is 0.892 bits per heavy atom. The molecule has 0 radical (unpaired) electrons. The molecule has 0 bridgehead atoms. The second kappa shape index (κ2) is 11.0. The van der Waals surface area contributed by atoms with Crippen LogP contribution in [0.1, 0.15) is 23.6 Å². The Balaban J connectivity index is 1.83. The number of nitrogens with zero attached hydrogens (tertiary/aromatic N) is 3. The third-order valence-electron chi connectivity index (χ3n) is 6.77. The first-order chi connectivity index (χ1) is 17.7. The smallest absolute Gasteiger partial charge is 0.337 e. The third-order valence-corrected chi connectivity index (χ3v) is 6.77. The van der Waals surface area contributed by atoms with Gasteiger partial charge in [0.2, 0.25) is 0 Å². The highest BCUT2D eigenvalue weighted by Crippen LogP contribution is 2.34. The highest BCUT2D eigenvalue weighted by atomic mass is 16.7. The molecule has 2 amide bonds. The Bertz CT molecular complexity index is 1220. The number of hydrogen-bond acceptors (Lipinski definition) is 7. The summed E-state index contributed by atoms with van der Waals surface area (Å²) in [6.45, 7) is 1.33. The number of β-amino-alcohol motifs (C(OH)–C–C–N with tert-alkyl or cyclic N) is 1. The van der Waals surface area contributed by atoms with Crippen molar-refractivity contribution in [3.8, 4) is 11.5 Å². The molecule has 3 aromatic carbocycles. The first-order valence-electron chi connectivity index (χ1n) is 11.9. The summed E-state index contributed by atoms with van der Waals surface area (Å²) >= 11 is 0. The average molecular weight is 506 g/mol. The molecule has 1 aliphatic heterocycles. The second-order valence-electron chi connectivity index (χ2n) is 9.14. The molecule has 0 saturated carbocycles. The fourth-order valence-electron chi connectivity index (χ4n) is 4.74. The largest absolute Gasteiger partial charge is 0.508 e. The van der Waals surface area contributed by atoms with E-state index in [1.54, 1.807) is 24.3 Å². The molecule has 9 nitrogen and oxygen atoms in total. The summed E-state index contributed by atoms with van der Waals surface area (Å²) < 4.78 is 0. The van der Waals surface area contributed by atoms with Gasteiger partial charge in [0.1, 0.15) is 23.1 Å². The van der Waals surface area contributed by atoms with E-state index in [0.29, 0.717) is 11.1 Å². The van der Waals surface area contributed by atoms with E-state index < -0.39 is 17.7 Å². The molecule has 4 rings (SSSR count). The molecule has 0 aliphatic carbocycles. The quantitative estimate of drug-likeness (QED) is 0.431. The lowest BCUT2D eigenvalue weighted by atomic mass is 9.80. The molecular weight excluding hydrogens is 474 g/mol.